The fraction of sp³-hybridized carbons (Fsp3) is 0.316. The van der Waals surface area contributed by atoms with Crippen LogP contribution in [-0.2, 0) is 9.53 Å². The van der Waals surface area contributed by atoms with Crippen molar-refractivity contribution in [2.45, 2.75) is 77.4 Å². The Kier molecular flexibility index (Phi) is 12.3. The topological polar surface area (TPSA) is 126 Å². The fourth-order valence-corrected chi connectivity index (χ4v) is 5.12. The molecule has 1 amide bonds. The van der Waals surface area contributed by atoms with E-state index in [4.69, 9.17) is 10.5 Å². The molecule has 1 aliphatic rings. The lowest BCUT2D eigenvalue weighted by Crippen LogP contribution is -2.41. The van der Waals surface area contributed by atoms with Crippen molar-refractivity contribution >= 4 is 22.7 Å². The highest BCUT2D eigenvalue weighted by atomic mass is 16.5. The van der Waals surface area contributed by atoms with Crippen LogP contribution in [-0.4, -0.2) is 28.0 Å². The molecule has 238 valence electrons. The van der Waals surface area contributed by atoms with Gasteiger partial charge >= 0.3 is 0 Å². The van der Waals surface area contributed by atoms with Crippen molar-refractivity contribution in [3.63, 3.8) is 0 Å². The second-order valence-electron chi connectivity index (χ2n) is 11.5. The molecule has 0 spiro atoms. The third-order valence-corrected chi connectivity index (χ3v) is 7.69. The van der Waals surface area contributed by atoms with Gasteiger partial charge < -0.3 is 21.1 Å². The second kappa shape index (κ2) is 16.8. The molecule has 0 aliphatic heterocycles. The number of carbonyl (C=O) groups is 1. The first-order valence-corrected chi connectivity index (χ1v) is 16.0. The molecule has 1 saturated carbocycles. The number of allylic oxidation sites excluding steroid dienone is 3. The normalized spacial score (nSPS) is 15.0. The largest absolute Gasteiger partial charge is 0.476 e. The lowest BCUT2D eigenvalue weighted by molar-refractivity contribution is -0.118. The van der Waals surface area contributed by atoms with Crippen molar-refractivity contribution in [2.24, 2.45) is 5.73 Å². The molecule has 0 saturated heterocycles. The summed E-state index contributed by atoms with van der Waals surface area (Å²) in [6.07, 6.45) is 13.1. The molecule has 8 nitrogen and oxygen atoms in total. The maximum absolute atomic E-state index is 13.7. The maximum Gasteiger partial charge on any atom is 0.246 e. The van der Waals surface area contributed by atoms with Crippen LogP contribution in [0.15, 0.2) is 103 Å². The maximum atomic E-state index is 13.7. The molecular weight excluding hydrogens is 572 g/mol. The minimum absolute atomic E-state index is 0.159. The zero-order valence-electron chi connectivity index (χ0n) is 27.0. The highest BCUT2D eigenvalue weighted by molar-refractivity contribution is 5.98. The summed E-state index contributed by atoms with van der Waals surface area (Å²) in [5.41, 5.74) is 11.1. The number of ether oxygens (including phenoxy) is 1. The quantitative estimate of drug-likeness (QED) is 0.0859. The number of carbonyl (C=O) groups excluding carboxylic acids is 1. The molecule has 8 heteroatoms. The number of anilines is 1. The van der Waals surface area contributed by atoms with Crippen molar-refractivity contribution in [1.29, 1.82) is 5.26 Å². The molecule has 4 rings (SSSR count). The molecular formula is C38H44N6O2. The molecule has 2 aromatic carbocycles. The molecule has 0 bridgehead atoms. The lowest BCUT2D eigenvalue weighted by Gasteiger charge is -2.25. The summed E-state index contributed by atoms with van der Waals surface area (Å²) in [6.45, 7) is 10.3. The van der Waals surface area contributed by atoms with Gasteiger partial charge in [-0.05, 0) is 67.5 Å². The van der Waals surface area contributed by atoms with E-state index in [0.29, 0.717) is 42.3 Å². The molecule has 1 aliphatic carbocycles. The van der Waals surface area contributed by atoms with E-state index >= 15 is 0 Å². The predicted octanol–water partition coefficient (Wildman–Crippen LogP) is 7.61. The van der Waals surface area contributed by atoms with Crippen LogP contribution in [0.5, 0.6) is 0 Å². The number of nitrogens with one attached hydrogen (secondary N) is 2. The molecule has 2 unspecified atom stereocenters. The van der Waals surface area contributed by atoms with Crippen molar-refractivity contribution in [1.82, 2.24) is 15.3 Å². The summed E-state index contributed by atoms with van der Waals surface area (Å²) in [6, 6.07) is 19.2. The number of nitrogens with zero attached hydrogens (tertiary/aromatic N) is 3. The van der Waals surface area contributed by atoms with Crippen molar-refractivity contribution in [3.05, 3.63) is 126 Å². The number of hydrogen-bond acceptors (Lipinski definition) is 7. The Hall–Kier alpha value is -5.16. The van der Waals surface area contributed by atoms with E-state index in [1.807, 2.05) is 81.4 Å². The van der Waals surface area contributed by atoms with E-state index in [1.54, 1.807) is 18.5 Å². The fourth-order valence-electron chi connectivity index (χ4n) is 5.12. The van der Waals surface area contributed by atoms with Gasteiger partial charge in [-0.25, -0.2) is 9.97 Å². The van der Waals surface area contributed by atoms with Gasteiger partial charge in [0, 0.05) is 47.7 Å². The highest BCUT2D eigenvalue weighted by Crippen LogP contribution is 2.38. The second-order valence-corrected chi connectivity index (χ2v) is 11.5. The Morgan fingerprint density at radius 2 is 1.80 bits per heavy atom. The number of hydrogen-bond donors (Lipinski definition) is 3. The molecule has 46 heavy (non-hydrogen) atoms. The Morgan fingerprint density at radius 3 is 2.43 bits per heavy atom. The smallest absolute Gasteiger partial charge is 0.246 e. The highest BCUT2D eigenvalue weighted by Gasteiger charge is 2.26. The monoisotopic (exact) mass is 616 g/mol. The van der Waals surface area contributed by atoms with Gasteiger partial charge in [0.25, 0.3) is 0 Å². The Bertz CT molecular complexity index is 1610. The van der Waals surface area contributed by atoms with Gasteiger partial charge in [-0.15, -0.1) is 0 Å². The third-order valence-electron chi connectivity index (χ3n) is 7.69. The summed E-state index contributed by atoms with van der Waals surface area (Å²) in [5.74, 6) is 1.67. The van der Waals surface area contributed by atoms with Gasteiger partial charge in [-0.1, -0.05) is 75.4 Å². The summed E-state index contributed by atoms with van der Waals surface area (Å²) < 4.78 is 6.40. The minimum Gasteiger partial charge on any atom is -0.476 e. The Labute approximate surface area is 272 Å². The van der Waals surface area contributed by atoms with E-state index in [2.05, 4.69) is 33.2 Å². The van der Waals surface area contributed by atoms with Crippen LogP contribution in [0.1, 0.15) is 87.7 Å². The Morgan fingerprint density at radius 1 is 1.11 bits per heavy atom. The van der Waals surface area contributed by atoms with Gasteiger partial charge in [0.15, 0.2) is 5.88 Å². The number of nitrogens with two attached hydrogens (primary N) is 1. The molecule has 1 fully saturated rings. The lowest BCUT2D eigenvalue weighted by atomic mass is 9.98. The average molecular weight is 617 g/mol. The summed E-state index contributed by atoms with van der Waals surface area (Å²) in [4.78, 5) is 22.8. The summed E-state index contributed by atoms with van der Waals surface area (Å²) in [7, 11) is 0. The summed E-state index contributed by atoms with van der Waals surface area (Å²) in [5, 5.41) is 16.0. The minimum atomic E-state index is -0.531. The van der Waals surface area contributed by atoms with Crippen LogP contribution < -0.4 is 16.4 Å². The number of nitriles is 1. The van der Waals surface area contributed by atoms with Gasteiger partial charge in [-0.2, -0.15) is 5.26 Å². The van der Waals surface area contributed by atoms with Crippen LogP contribution in [0.4, 0.5) is 5.69 Å². The molecule has 3 aromatic rings. The average Bonchev–Trinajstić information content (AvgIpc) is 3.93. The molecule has 1 aromatic heterocycles. The van der Waals surface area contributed by atoms with Crippen LogP contribution in [0.25, 0.3) is 11.1 Å². The summed E-state index contributed by atoms with van der Waals surface area (Å²) >= 11 is 0. The van der Waals surface area contributed by atoms with E-state index in [1.165, 1.54) is 6.20 Å². The first-order chi connectivity index (χ1) is 22.4. The van der Waals surface area contributed by atoms with E-state index in [-0.39, 0.29) is 12.0 Å². The molecule has 0 radical (unpaired) electrons. The molecule has 4 N–H and O–H groups in total. The first kappa shape index (κ1) is 33.7. The SMILES string of the molecule is C=C(c1ccccc1)c1ccccc1NC(=O)C(CCC)N/C(=C\CC)OC(C)C/C(=C\C(C#N)=C/N)c1cnc(C2CC2)nc1. The first-order valence-electron chi connectivity index (χ1n) is 16.0. The van der Waals surface area contributed by atoms with Crippen LogP contribution in [0.3, 0.4) is 0 Å². The van der Waals surface area contributed by atoms with E-state index in [9.17, 15) is 10.1 Å². The number of benzene rings is 2. The Balaban J connectivity index is 1.48. The number of amides is 1. The standard InChI is InChI=1S/C38H44N6O2/c1-5-12-35(38(45)44-34-17-11-10-16-33(34)27(4)29-14-8-7-9-15-29)43-36(13-6-2)46-26(3)20-31(21-28(22-39)23-40)32-24-41-37(42-25-32)30-18-19-30/h7-11,13-17,21-22,24-26,30,35,43H,4-6,12,18-20,39H2,1-3H3,(H,44,45)/b28-22+,31-21+,36-13+. The molecule has 2 atom stereocenters. The molecule has 1 heterocycles. The number of aromatic nitrogens is 2. The van der Waals surface area contributed by atoms with Crippen molar-refractivity contribution in [3.8, 4) is 6.07 Å². The van der Waals surface area contributed by atoms with Gasteiger partial charge in [0.1, 0.15) is 24.0 Å². The third kappa shape index (κ3) is 9.42. The van der Waals surface area contributed by atoms with Crippen molar-refractivity contribution in [2.75, 3.05) is 5.32 Å². The predicted molar refractivity (Wildman–Crippen MR) is 185 cm³/mol. The van der Waals surface area contributed by atoms with E-state index < -0.39 is 6.04 Å². The van der Waals surface area contributed by atoms with Gasteiger partial charge in [0.05, 0.1) is 5.57 Å². The van der Waals surface area contributed by atoms with Gasteiger partial charge in [-0.3, -0.25) is 4.79 Å². The number of rotatable bonds is 16. The van der Waals surface area contributed by atoms with Crippen molar-refractivity contribution < 1.29 is 9.53 Å². The van der Waals surface area contributed by atoms with Crippen LogP contribution in [0.2, 0.25) is 0 Å². The zero-order valence-corrected chi connectivity index (χ0v) is 27.0. The van der Waals surface area contributed by atoms with Crippen LogP contribution >= 0.6 is 0 Å². The van der Waals surface area contributed by atoms with E-state index in [0.717, 1.165) is 52.9 Å². The zero-order chi connectivity index (χ0) is 32.9. The van der Waals surface area contributed by atoms with Crippen LogP contribution in [0, 0.1) is 11.3 Å². The van der Waals surface area contributed by atoms with Gasteiger partial charge in [0.2, 0.25) is 5.91 Å². The number of para-hydroxylation sites is 1.